The van der Waals surface area contributed by atoms with Gasteiger partial charge in [-0.25, -0.2) is 0 Å². The Morgan fingerprint density at radius 2 is 2.24 bits per heavy atom. The molecular weight excluding hydrogens is 336 g/mol. The molecule has 0 atom stereocenters. The van der Waals surface area contributed by atoms with Crippen LogP contribution in [0.25, 0.3) is 0 Å². The summed E-state index contributed by atoms with van der Waals surface area (Å²) in [5.74, 6) is 0.381. The molecule has 0 unspecified atom stereocenters. The molecule has 0 aliphatic heterocycles. The highest BCUT2D eigenvalue weighted by Crippen LogP contribution is 2.25. The number of furan rings is 1. The van der Waals surface area contributed by atoms with Crippen molar-refractivity contribution < 1.29 is 14.3 Å². The molecule has 0 saturated heterocycles. The van der Waals surface area contributed by atoms with Crippen molar-refractivity contribution in [1.29, 1.82) is 5.26 Å². The Balaban J connectivity index is 2.20. The van der Waals surface area contributed by atoms with Gasteiger partial charge >= 0.3 is 0 Å². The molecule has 0 saturated carbocycles. The summed E-state index contributed by atoms with van der Waals surface area (Å²) in [7, 11) is 0. The molecule has 0 spiro atoms. The van der Waals surface area contributed by atoms with Gasteiger partial charge in [0.2, 0.25) is 0 Å². The van der Waals surface area contributed by atoms with E-state index in [4.69, 9.17) is 9.68 Å². The molecule has 2 rings (SSSR count). The van der Waals surface area contributed by atoms with E-state index in [9.17, 15) is 9.90 Å². The van der Waals surface area contributed by atoms with Gasteiger partial charge in [0.15, 0.2) is 0 Å². The number of aromatic hydroxyl groups is 1. The molecule has 0 aliphatic rings. The highest BCUT2D eigenvalue weighted by molar-refractivity contribution is 9.10. The van der Waals surface area contributed by atoms with E-state index in [2.05, 4.69) is 15.9 Å². The van der Waals surface area contributed by atoms with Crippen LogP contribution in [0.3, 0.4) is 0 Å². The van der Waals surface area contributed by atoms with Crippen LogP contribution in [0.4, 0.5) is 0 Å². The lowest BCUT2D eigenvalue weighted by atomic mass is 10.1. The molecule has 0 aliphatic carbocycles. The number of phenolic OH excluding ortho intramolecular Hbond substituents is 1. The molecule has 0 radical (unpaired) electrons. The van der Waals surface area contributed by atoms with Crippen molar-refractivity contribution in [2.24, 2.45) is 0 Å². The third kappa shape index (κ3) is 3.86. The lowest BCUT2D eigenvalue weighted by molar-refractivity contribution is 0.0735. The van der Waals surface area contributed by atoms with E-state index >= 15 is 0 Å². The molecule has 1 heterocycles. The van der Waals surface area contributed by atoms with Crippen molar-refractivity contribution in [2.75, 3.05) is 6.54 Å². The molecule has 1 aromatic heterocycles. The second kappa shape index (κ2) is 6.95. The number of nitriles is 1. The van der Waals surface area contributed by atoms with Crippen LogP contribution in [0.5, 0.6) is 5.75 Å². The van der Waals surface area contributed by atoms with Crippen LogP contribution in [-0.4, -0.2) is 22.5 Å². The normalized spacial score (nSPS) is 10.1. The number of phenols is 1. The molecule has 1 aromatic carbocycles. The zero-order valence-corrected chi connectivity index (χ0v) is 12.7. The number of nitrogens with zero attached hydrogens (tertiary/aromatic N) is 2. The highest BCUT2D eigenvalue weighted by Gasteiger charge is 2.18. The van der Waals surface area contributed by atoms with Crippen molar-refractivity contribution in [1.82, 2.24) is 4.90 Å². The Hall–Kier alpha value is -2.26. The Labute approximate surface area is 130 Å². The summed E-state index contributed by atoms with van der Waals surface area (Å²) < 4.78 is 5.76. The highest BCUT2D eigenvalue weighted by atomic mass is 79.9. The summed E-state index contributed by atoms with van der Waals surface area (Å²) in [4.78, 5) is 14.0. The van der Waals surface area contributed by atoms with Crippen molar-refractivity contribution in [2.45, 2.75) is 13.0 Å². The Morgan fingerprint density at radius 3 is 2.86 bits per heavy atom. The first-order valence-electron chi connectivity index (χ1n) is 6.29. The predicted molar refractivity (Wildman–Crippen MR) is 79.5 cm³/mol. The average molecular weight is 349 g/mol. The largest absolute Gasteiger partial charge is 0.507 e. The van der Waals surface area contributed by atoms with Gasteiger partial charge in [0.05, 0.1) is 29.8 Å². The fourth-order valence-corrected chi connectivity index (χ4v) is 2.10. The standard InChI is InChI=1S/C15H13BrN2O3/c16-13-5-4-11(9-14(13)19)15(20)18(7-2-6-17)10-12-3-1-8-21-12/h1,3-5,8-9,19H,2,7,10H2. The summed E-state index contributed by atoms with van der Waals surface area (Å²) in [6.07, 6.45) is 1.77. The van der Waals surface area contributed by atoms with E-state index < -0.39 is 0 Å². The number of hydrogen-bond donors (Lipinski definition) is 1. The van der Waals surface area contributed by atoms with E-state index in [-0.39, 0.29) is 24.6 Å². The van der Waals surface area contributed by atoms with Gasteiger partial charge in [0.1, 0.15) is 11.5 Å². The number of hydrogen-bond acceptors (Lipinski definition) is 4. The maximum absolute atomic E-state index is 12.5. The van der Waals surface area contributed by atoms with E-state index in [1.54, 1.807) is 24.3 Å². The zero-order chi connectivity index (χ0) is 15.2. The van der Waals surface area contributed by atoms with Crippen LogP contribution < -0.4 is 0 Å². The van der Waals surface area contributed by atoms with Gasteiger partial charge in [-0.05, 0) is 46.3 Å². The number of benzene rings is 1. The molecule has 0 fully saturated rings. The second-order valence-corrected chi connectivity index (χ2v) is 5.23. The number of rotatable bonds is 5. The van der Waals surface area contributed by atoms with Gasteiger partial charge in [0.25, 0.3) is 5.91 Å². The first-order chi connectivity index (χ1) is 10.1. The zero-order valence-electron chi connectivity index (χ0n) is 11.1. The van der Waals surface area contributed by atoms with Gasteiger partial charge < -0.3 is 14.4 Å². The molecule has 1 amide bonds. The molecule has 2 aromatic rings. The third-order valence-corrected chi connectivity index (χ3v) is 3.57. The van der Waals surface area contributed by atoms with Crippen LogP contribution in [0.1, 0.15) is 22.5 Å². The van der Waals surface area contributed by atoms with Crippen molar-refractivity contribution in [3.8, 4) is 11.8 Å². The summed E-state index contributed by atoms with van der Waals surface area (Å²) >= 11 is 3.17. The minimum absolute atomic E-state index is 0.000850. The van der Waals surface area contributed by atoms with Gasteiger partial charge in [0, 0.05) is 12.1 Å². The van der Waals surface area contributed by atoms with E-state index in [1.807, 2.05) is 6.07 Å². The number of halogens is 1. The molecule has 21 heavy (non-hydrogen) atoms. The Kier molecular flexibility index (Phi) is 5.01. The van der Waals surface area contributed by atoms with Crippen molar-refractivity contribution in [3.05, 3.63) is 52.4 Å². The lowest BCUT2D eigenvalue weighted by Crippen LogP contribution is -2.31. The Morgan fingerprint density at radius 1 is 1.43 bits per heavy atom. The monoisotopic (exact) mass is 348 g/mol. The minimum Gasteiger partial charge on any atom is -0.507 e. The number of amides is 1. The van der Waals surface area contributed by atoms with Gasteiger partial charge in [-0.3, -0.25) is 4.79 Å². The van der Waals surface area contributed by atoms with Gasteiger partial charge in [-0.15, -0.1) is 0 Å². The summed E-state index contributed by atoms with van der Waals surface area (Å²) in [5.41, 5.74) is 0.361. The molecule has 6 heteroatoms. The Bertz CT molecular complexity index is 662. The minimum atomic E-state index is -0.260. The average Bonchev–Trinajstić information content (AvgIpc) is 2.98. The van der Waals surface area contributed by atoms with Crippen LogP contribution in [-0.2, 0) is 6.54 Å². The van der Waals surface area contributed by atoms with Crippen molar-refractivity contribution in [3.63, 3.8) is 0 Å². The van der Waals surface area contributed by atoms with Crippen LogP contribution in [0, 0.1) is 11.3 Å². The summed E-state index contributed by atoms with van der Waals surface area (Å²) in [6, 6.07) is 10.2. The van der Waals surface area contributed by atoms with E-state index in [0.29, 0.717) is 22.3 Å². The molecule has 5 nitrogen and oxygen atoms in total. The SMILES string of the molecule is N#CCCN(Cc1ccco1)C(=O)c1ccc(Br)c(O)c1. The van der Waals surface area contributed by atoms with Crippen LogP contribution >= 0.6 is 15.9 Å². The van der Waals surface area contributed by atoms with Gasteiger partial charge in [-0.1, -0.05) is 0 Å². The van der Waals surface area contributed by atoms with E-state index in [0.717, 1.165) is 0 Å². The smallest absolute Gasteiger partial charge is 0.254 e. The maximum atomic E-state index is 12.5. The fourth-order valence-electron chi connectivity index (χ4n) is 1.86. The van der Waals surface area contributed by atoms with Crippen molar-refractivity contribution >= 4 is 21.8 Å². The molecular formula is C15H13BrN2O3. The summed E-state index contributed by atoms with van der Waals surface area (Å²) in [6.45, 7) is 0.581. The molecule has 108 valence electrons. The number of carbonyl (C=O) groups is 1. The molecule has 1 N–H and O–H groups in total. The van der Waals surface area contributed by atoms with E-state index in [1.165, 1.54) is 17.2 Å². The first-order valence-corrected chi connectivity index (χ1v) is 7.08. The number of carbonyl (C=O) groups excluding carboxylic acids is 1. The third-order valence-electron chi connectivity index (χ3n) is 2.90. The lowest BCUT2D eigenvalue weighted by Gasteiger charge is -2.20. The summed E-state index contributed by atoms with van der Waals surface area (Å²) in [5, 5.41) is 18.4. The molecule has 0 bridgehead atoms. The fraction of sp³-hybridized carbons (Fsp3) is 0.200. The van der Waals surface area contributed by atoms with Crippen LogP contribution in [0.15, 0.2) is 45.5 Å². The van der Waals surface area contributed by atoms with Crippen LogP contribution in [0.2, 0.25) is 0 Å². The second-order valence-electron chi connectivity index (χ2n) is 4.38. The van der Waals surface area contributed by atoms with Gasteiger partial charge in [-0.2, -0.15) is 5.26 Å². The topological polar surface area (TPSA) is 77.5 Å². The predicted octanol–water partition coefficient (Wildman–Crippen LogP) is 3.30. The maximum Gasteiger partial charge on any atom is 0.254 e. The first kappa shape index (κ1) is 15.1. The quantitative estimate of drug-likeness (QED) is 0.898.